The van der Waals surface area contributed by atoms with Gasteiger partial charge in [0.15, 0.2) is 0 Å². The Morgan fingerprint density at radius 1 is 0.647 bits per heavy atom. The summed E-state index contributed by atoms with van der Waals surface area (Å²) in [6.45, 7) is 0. The standard InChI is InChI=1S/C7H2Cl4F6/c8-1-2(9)4(13)6(11,15)5(10,14)3(1,12)7(4,16)17/h1-2H. The van der Waals surface area contributed by atoms with E-state index in [1.54, 1.807) is 0 Å². The molecule has 0 spiro atoms. The minimum atomic E-state index is -5.20. The van der Waals surface area contributed by atoms with Gasteiger partial charge in [0, 0.05) is 0 Å². The van der Waals surface area contributed by atoms with Crippen LogP contribution in [0.25, 0.3) is 0 Å². The second kappa shape index (κ2) is 3.07. The smallest absolute Gasteiger partial charge is 0.230 e. The average Bonchev–Trinajstić information content (AvgIpc) is 2.33. The number of hydrogen-bond acceptors (Lipinski definition) is 0. The zero-order valence-electron chi connectivity index (χ0n) is 7.43. The van der Waals surface area contributed by atoms with Gasteiger partial charge >= 0.3 is 5.92 Å². The van der Waals surface area contributed by atoms with Crippen molar-refractivity contribution in [1.82, 2.24) is 0 Å². The Morgan fingerprint density at radius 2 is 0.882 bits per heavy atom. The van der Waals surface area contributed by atoms with E-state index in [1.807, 2.05) is 0 Å². The van der Waals surface area contributed by atoms with Crippen LogP contribution in [0.5, 0.6) is 0 Å². The minimum absolute atomic E-state index is 2.57. The Bertz CT molecular complexity index is 353. The van der Waals surface area contributed by atoms with Crippen LogP contribution in [-0.4, -0.2) is 38.3 Å². The third-order valence-electron chi connectivity index (χ3n) is 3.24. The SMILES string of the molecule is FC1(F)C2(F)C(Cl)C(Cl)C1(F)C(F)(Cl)C2(F)Cl. The molecule has 2 aliphatic rings. The van der Waals surface area contributed by atoms with Crippen molar-refractivity contribution in [2.24, 2.45) is 0 Å². The molecule has 0 aliphatic heterocycles. The Labute approximate surface area is 111 Å². The van der Waals surface area contributed by atoms with Gasteiger partial charge in [-0.2, -0.15) is 8.78 Å². The molecule has 17 heavy (non-hydrogen) atoms. The summed E-state index contributed by atoms with van der Waals surface area (Å²) >= 11 is 19.7. The third-order valence-corrected chi connectivity index (χ3v) is 5.64. The highest BCUT2D eigenvalue weighted by molar-refractivity contribution is 6.40. The van der Waals surface area contributed by atoms with Gasteiger partial charge in [-0.3, -0.25) is 0 Å². The molecule has 2 aliphatic carbocycles. The lowest BCUT2D eigenvalue weighted by Gasteiger charge is -2.40. The van der Waals surface area contributed by atoms with Gasteiger partial charge in [0.2, 0.25) is 11.3 Å². The quantitative estimate of drug-likeness (QED) is 0.460. The Balaban J connectivity index is 2.83. The van der Waals surface area contributed by atoms with Crippen LogP contribution in [0.1, 0.15) is 0 Å². The lowest BCUT2D eigenvalue weighted by atomic mass is 9.91. The first-order chi connectivity index (χ1) is 7.32. The van der Waals surface area contributed by atoms with Gasteiger partial charge in [-0.1, -0.05) is 23.2 Å². The van der Waals surface area contributed by atoms with E-state index in [1.165, 1.54) is 0 Å². The van der Waals surface area contributed by atoms with E-state index in [4.69, 9.17) is 46.4 Å². The van der Waals surface area contributed by atoms with E-state index in [0.717, 1.165) is 0 Å². The Morgan fingerprint density at radius 3 is 1.06 bits per heavy atom. The van der Waals surface area contributed by atoms with Gasteiger partial charge in [-0.15, -0.1) is 23.2 Å². The molecule has 2 saturated carbocycles. The van der Waals surface area contributed by atoms with Crippen molar-refractivity contribution in [2.75, 3.05) is 0 Å². The Hall–Kier alpha value is 0.740. The van der Waals surface area contributed by atoms with E-state index < -0.39 is 38.3 Å². The highest BCUT2D eigenvalue weighted by Gasteiger charge is 3.04. The second-order valence-corrected chi connectivity index (χ2v) is 5.93. The molecule has 0 amide bonds. The summed E-state index contributed by atoms with van der Waals surface area (Å²) in [6.07, 6.45) is 0. The molecule has 100 valence electrons. The molecule has 2 fully saturated rings. The third kappa shape index (κ3) is 0.954. The largest absolute Gasteiger partial charge is 0.327 e. The summed E-state index contributed by atoms with van der Waals surface area (Å²) in [6, 6.07) is 0. The van der Waals surface area contributed by atoms with Crippen LogP contribution in [0.15, 0.2) is 0 Å². The van der Waals surface area contributed by atoms with Crippen LogP contribution in [-0.2, 0) is 0 Å². The van der Waals surface area contributed by atoms with Crippen molar-refractivity contribution in [1.29, 1.82) is 0 Å². The Kier molecular flexibility index (Phi) is 2.56. The molecule has 0 heterocycles. The molecule has 2 rings (SSSR count). The molecular formula is C7H2Cl4F6. The molecule has 0 nitrogen and oxygen atoms in total. The molecule has 0 aromatic rings. The summed E-state index contributed by atoms with van der Waals surface area (Å²) in [5, 5.41) is -14.2. The predicted molar refractivity (Wildman–Crippen MR) is 51.3 cm³/mol. The number of alkyl halides is 10. The van der Waals surface area contributed by atoms with E-state index in [0.29, 0.717) is 0 Å². The zero-order valence-corrected chi connectivity index (χ0v) is 10.5. The second-order valence-electron chi connectivity index (χ2n) is 3.95. The van der Waals surface area contributed by atoms with Gasteiger partial charge in [0.25, 0.3) is 10.3 Å². The fourth-order valence-electron chi connectivity index (χ4n) is 2.21. The van der Waals surface area contributed by atoms with E-state index >= 15 is 0 Å². The van der Waals surface area contributed by atoms with E-state index in [-0.39, 0.29) is 0 Å². The average molecular weight is 342 g/mol. The summed E-state index contributed by atoms with van der Waals surface area (Å²) in [5.41, 5.74) is -9.11. The molecule has 0 aromatic carbocycles. The number of halogens is 10. The van der Waals surface area contributed by atoms with Crippen LogP contribution in [0.3, 0.4) is 0 Å². The molecule has 0 radical (unpaired) electrons. The van der Waals surface area contributed by atoms with Crippen molar-refractivity contribution in [2.45, 2.75) is 38.3 Å². The highest BCUT2D eigenvalue weighted by atomic mass is 35.5. The fraction of sp³-hybridized carbons (Fsp3) is 1.00. The van der Waals surface area contributed by atoms with Crippen LogP contribution >= 0.6 is 46.4 Å². The van der Waals surface area contributed by atoms with E-state index in [9.17, 15) is 26.3 Å². The first-order valence-electron chi connectivity index (χ1n) is 4.11. The minimum Gasteiger partial charge on any atom is -0.230 e. The van der Waals surface area contributed by atoms with Crippen molar-refractivity contribution in [3.05, 3.63) is 0 Å². The molecule has 0 N–H and O–H groups in total. The fourth-order valence-corrected chi connectivity index (χ4v) is 3.99. The lowest BCUT2D eigenvalue weighted by molar-refractivity contribution is -0.165. The highest BCUT2D eigenvalue weighted by Crippen LogP contribution is 2.78. The number of fused-ring (bicyclic) bond motifs is 2. The number of hydrogen-bond donors (Lipinski definition) is 0. The lowest BCUT2D eigenvalue weighted by Crippen LogP contribution is -2.64. The van der Waals surface area contributed by atoms with E-state index in [2.05, 4.69) is 0 Å². The van der Waals surface area contributed by atoms with Crippen molar-refractivity contribution in [3.63, 3.8) is 0 Å². The zero-order chi connectivity index (χ0) is 13.7. The maximum atomic E-state index is 14.0. The van der Waals surface area contributed by atoms with Gasteiger partial charge in [0.05, 0.1) is 10.8 Å². The maximum absolute atomic E-state index is 14.0. The molecule has 0 saturated heterocycles. The predicted octanol–water partition coefficient (Wildman–Crippen LogP) is 4.09. The molecule has 2 bridgehead atoms. The van der Waals surface area contributed by atoms with Gasteiger partial charge in [0.1, 0.15) is 0 Å². The monoisotopic (exact) mass is 340 g/mol. The molecule has 6 unspecified atom stereocenters. The summed E-state index contributed by atoms with van der Waals surface area (Å²) in [4.78, 5) is 0. The topological polar surface area (TPSA) is 0 Å². The summed E-state index contributed by atoms with van der Waals surface area (Å²) in [5.74, 6) is -5.20. The molecule has 10 heteroatoms. The van der Waals surface area contributed by atoms with Gasteiger partial charge in [-0.05, 0) is 0 Å². The molecule has 6 atom stereocenters. The molecule has 0 aromatic heterocycles. The van der Waals surface area contributed by atoms with Gasteiger partial charge < -0.3 is 0 Å². The van der Waals surface area contributed by atoms with Crippen molar-refractivity contribution in [3.8, 4) is 0 Å². The maximum Gasteiger partial charge on any atom is 0.327 e. The van der Waals surface area contributed by atoms with Crippen LogP contribution in [0.2, 0.25) is 0 Å². The van der Waals surface area contributed by atoms with Crippen LogP contribution in [0, 0.1) is 0 Å². The first kappa shape index (κ1) is 14.2. The van der Waals surface area contributed by atoms with Crippen LogP contribution < -0.4 is 0 Å². The summed E-state index contributed by atoms with van der Waals surface area (Å²) in [7, 11) is 0. The normalized spacial score (nSPS) is 65.3. The van der Waals surface area contributed by atoms with Crippen molar-refractivity contribution < 1.29 is 26.3 Å². The van der Waals surface area contributed by atoms with Crippen LogP contribution in [0.4, 0.5) is 26.3 Å². The summed E-state index contributed by atoms with van der Waals surface area (Å²) < 4.78 is 82.3. The van der Waals surface area contributed by atoms with Crippen molar-refractivity contribution >= 4 is 46.4 Å². The van der Waals surface area contributed by atoms with Gasteiger partial charge in [-0.25, -0.2) is 17.6 Å². The first-order valence-corrected chi connectivity index (χ1v) is 5.74. The number of rotatable bonds is 0. The molecular weight excluding hydrogens is 340 g/mol.